The van der Waals surface area contributed by atoms with Crippen molar-refractivity contribution in [3.05, 3.63) is 77.4 Å². The van der Waals surface area contributed by atoms with Crippen molar-refractivity contribution < 1.29 is 27.4 Å². The molecule has 182 valence electrons. The van der Waals surface area contributed by atoms with Crippen LogP contribution in [0, 0.1) is 0 Å². The lowest BCUT2D eigenvalue weighted by Gasteiger charge is -2.28. The average Bonchev–Trinajstić information content (AvgIpc) is 2.86. The Kier molecular flexibility index (Phi) is 6.22. The summed E-state index contributed by atoms with van der Waals surface area (Å²) < 4.78 is 54.2. The van der Waals surface area contributed by atoms with Crippen LogP contribution in [0.4, 0.5) is 13.2 Å². The predicted molar refractivity (Wildman–Crippen MR) is 132 cm³/mol. The first kappa shape index (κ1) is 23.3. The number of aryl methyl sites for hydroxylation is 2. The van der Waals surface area contributed by atoms with Crippen LogP contribution >= 0.6 is 0 Å². The van der Waals surface area contributed by atoms with Crippen molar-refractivity contribution in [3.63, 3.8) is 0 Å². The Labute approximate surface area is 202 Å². The van der Waals surface area contributed by atoms with Crippen LogP contribution in [0.5, 0.6) is 17.2 Å². The standard InChI is InChI=1S/C29H27F3O3/c1-33-26-12-6-10-23-22-16-15-20-18(8-5-9-21(20)24(22)17-27(34-2)28(23)26)13-14-19-7-3-4-11-25(19)35-29(30,31)32/h3-4,6-7,10-12,15-18H,5,8-9,13-14H2,1-2H3/t18-/m0/s1. The van der Waals surface area contributed by atoms with Crippen molar-refractivity contribution in [3.8, 4) is 17.2 Å². The van der Waals surface area contributed by atoms with Crippen LogP contribution in [0.3, 0.4) is 0 Å². The number of hydrogen-bond donors (Lipinski definition) is 0. The number of halogens is 3. The molecule has 0 saturated carbocycles. The van der Waals surface area contributed by atoms with Crippen LogP contribution in [0.2, 0.25) is 0 Å². The molecule has 0 aliphatic heterocycles. The summed E-state index contributed by atoms with van der Waals surface area (Å²) in [5.74, 6) is 1.71. The summed E-state index contributed by atoms with van der Waals surface area (Å²) in [5, 5.41) is 4.37. The fourth-order valence-corrected chi connectivity index (χ4v) is 5.53. The quantitative estimate of drug-likeness (QED) is 0.262. The van der Waals surface area contributed by atoms with E-state index in [1.807, 2.05) is 12.1 Å². The summed E-state index contributed by atoms with van der Waals surface area (Å²) >= 11 is 0. The highest BCUT2D eigenvalue weighted by Crippen LogP contribution is 2.44. The van der Waals surface area contributed by atoms with Crippen molar-refractivity contribution in [1.82, 2.24) is 0 Å². The van der Waals surface area contributed by atoms with E-state index in [1.54, 1.807) is 32.4 Å². The molecule has 0 spiro atoms. The lowest BCUT2D eigenvalue weighted by molar-refractivity contribution is -0.274. The average molecular weight is 481 g/mol. The van der Waals surface area contributed by atoms with E-state index in [2.05, 4.69) is 29.0 Å². The molecule has 4 aromatic carbocycles. The van der Waals surface area contributed by atoms with Crippen LogP contribution < -0.4 is 14.2 Å². The first-order chi connectivity index (χ1) is 16.9. The molecule has 0 radical (unpaired) electrons. The van der Waals surface area contributed by atoms with Gasteiger partial charge >= 0.3 is 6.36 Å². The highest BCUT2D eigenvalue weighted by molar-refractivity contribution is 6.13. The molecule has 4 aromatic rings. The van der Waals surface area contributed by atoms with Gasteiger partial charge in [-0.05, 0) is 89.1 Å². The number of ether oxygens (including phenoxy) is 3. The Morgan fingerprint density at radius 2 is 1.60 bits per heavy atom. The molecular weight excluding hydrogens is 453 g/mol. The molecule has 0 unspecified atom stereocenters. The molecule has 0 heterocycles. The molecule has 0 fully saturated rings. The zero-order valence-electron chi connectivity index (χ0n) is 19.7. The van der Waals surface area contributed by atoms with Crippen molar-refractivity contribution >= 4 is 21.5 Å². The lowest BCUT2D eigenvalue weighted by atomic mass is 9.77. The van der Waals surface area contributed by atoms with E-state index in [0.29, 0.717) is 12.0 Å². The van der Waals surface area contributed by atoms with Crippen LogP contribution in [-0.2, 0) is 12.8 Å². The second-order valence-electron chi connectivity index (χ2n) is 8.97. The molecule has 1 atom stereocenters. The Balaban J connectivity index is 1.52. The number of para-hydroxylation sites is 1. The molecule has 0 bridgehead atoms. The molecule has 0 N–H and O–H groups in total. The van der Waals surface area contributed by atoms with Crippen LogP contribution in [0.1, 0.15) is 41.9 Å². The zero-order valence-corrected chi connectivity index (χ0v) is 19.7. The maximum Gasteiger partial charge on any atom is 0.573 e. The van der Waals surface area contributed by atoms with E-state index in [-0.39, 0.29) is 11.7 Å². The van der Waals surface area contributed by atoms with Gasteiger partial charge in [0.25, 0.3) is 0 Å². The summed E-state index contributed by atoms with van der Waals surface area (Å²) in [7, 11) is 3.33. The van der Waals surface area contributed by atoms with Crippen LogP contribution in [0.25, 0.3) is 21.5 Å². The van der Waals surface area contributed by atoms with E-state index >= 15 is 0 Å². The molecule has 3 nitrogen and oxygen atoms in total. The number of methoxy groups -OCH3 is 2. The van der Waals surface area contributed by atoms with Crippen LogP contribution in [-0.4, -0.2) is 20.6 Å². The van der Waals surface area contributed by atoms with E-state index in [9.17, 15) is 13.2 Å². The Morgan fingerprint density at radius 1 is 0.829 bits per heavy atom. The molecule has 0 saturated heterocycles. The van der Waals surface area contributed by atoms with Gasteiger partial charge in [-0.25, -0.2) is 0 Å². The van der Waals surface area contributed by atoms with Gasteiger partial charge in [-0.2, -0.15) is 0 Å². The molecule has 6 heteroatoms. The summed E-state index contributed by atoms with van der Waals surface area (Å²) in [4.78, 5) is 0. The smallest absolute Gasteiger partial charge is 0.496 e. The second kappa shape index (κ2) is 9.33. The number of alkyl halides is 3. The van der Waals surface area contributed by atoms with Crippen molar-refractivity contribution in [2.24, 2.45) is 0 Å². The number of rotatable bonds is 6. The normalized spacial score (nSPS) is 15.7. The van der Waals surface area contributed by atoms with E-state index in [1.165, 1.54) is 22.6 Å². The Bertz CT molecular complexity index is 1380. The maximum absolute atomic E-state index is 12.8. The first-order valence-corrected chi connectivity index (χ1v) is 11.8. The van der Waals surface area contributed by atoms with Gasteiger partial charge in [-0.15, -0.1) is 13.2 Å². The number of hydrogen-bond acceptors (Lipinski definition) is 3. The minimum absolute atomic E-state index is 0.111. The largest absolute Gasteiger partial charge is 0.573 e. The first-order valence-electron chi connectivity index (χ1n) is 11.8. The predicted octanol–water partition coefficient (Wildman–Crippen LogP) is 7.96. The van der Waals surface area contributed by atoms with Gasteiger partial charge < -0.3 is 14.2 Å². The van der Waals surface area contributed by atoms with Gasteiger partial charge in [0, 0.05) is 0 Å². The summed E-state index contributed by atoms with van der Waals surface area (Å²) in [6.07, 6.45) is -0.399. The Hall–Kier alpha value is -3.41. The molecule has 5 rings (SSSR count). The monoisotopic (exact) mass is 480 g/mol. The van der Waals surface area contributed by atoms with Crippen LogP contribution in [0.15, 0.2) is 60.7 Å². The third-order valence-corrected chi connectivity index (χ3v) is 7.05. The fraction of sp³-hybridized carbons (Fsp3) is 0.310. The second-order valence-corrected chi connectivity index (χ2v) is 8.97. The highest BCUT2D eigenvalue weighted by Gasteiger charge is 2.32. The van der Waals surface area contributed by atoms with Crippen molar-refractivity contribution in [2.75, 3.05) is 14.2 Å². The van der Waals surface area contributed by atoms with Gasteiger partial charge in [0.15, 0.2) is 0 Å². The Morgan fingerprint density at radius 3 is 2.37 bits per heavy atom. The van der Waals surface area contributed by atoms with Gasteiger partial charge in [0.2, 0.25) is 0 Å². The van der Waals surface area contributed by atoms with E-state index < -0.39 is 6.36 Å². The summed E-state index contributed by atoms with van der Waals surface area (Å²) in [6.45, 7) is 0. The minimum atomic E-state index is -4.70. The molecular formula is C29H27F3O3. The lowest BCUT2D eigenvalue weighted by Crippen LogP contribution is -2.18. The minimum Gasteiger partial charge on any atom is -0.496 e. The van der Waals surface area contributed by atoms with Gasteiger partial charge in [-0.3, -0.25) is 0 Å². The SMILES string of the molecule is COc1cccc2c1c(OC)cc1c3c(ccc12)[C@H](CCc1ccccc1OC(F)(F)F)CCC3. The molecule has 0 aromatic heterocycles. The van der Waals surface area contributed by atoms with Crippen molar-refractivity contribution in [1.29, 1.82) is 0 Å². The topological polar surface area (TPSA) is 27.7 Å². The van der Waals surface area contributed by atoms with Crippen molar-refractivity contribution in [2.45, 2.75) is 44.4 Å². The third-order valence-electron chi connectivity index (χ3n) is 7.05. The number of benzene rings is 4. The molecule has 1 aliphatic rings. The van der Waals surface area contributed by atoms with Gasteiger partial charge in [0.1, 0.15) is 17.2 Å². The molecule has 1 aliphatic carbocycles. The highest BCUT2D eigenvalue weighted by atomic mass is 19.4. The summed E-state index contributed by atoms with van der Waals surface area (Å²) in [5.41, 5.74) is 3.17. The van der Waals surface area contributed by atoms with Gasteiger partial charge in [0.05, 0.1) is 19.6 Å². The molecule has 35 heavy (non-hydrogen) atoms. The maximum atomic E-state index is 12.8. The van der Waals surface area contributed by atoms with E-state index in [4.69, 9.17) is 9.47 Å². The zero-order chi connectivity index (χ0) is 24.6. The summed E-state index contributed by atoms with van der Waals surface area (Å²) in [6, 6.07) is 18.9. The molecule has 0 amide bonds. The van der Waals surface area contributed by atoms with Gasteiger partial charge in [-0.1, -0.05) is 42.5 Å². The fourth-order valence-electron chi connectivity index (χ4n) is 5.53. The van der Waals surface area contributed by atoms with E-state index in [0.717, 1.165) is 53.3 Å². The third kappa shape index (κ3) is 4.49. The number of fused-ring (bicyclic) bond motifs is 5.